The number of hydrogen-bond acceptors (Lipinski definition) is 5. The molecule has 0 aromatic carbocycles. The fourth-order valence-electron chi connectivity index (χ4n) is 1.42. The maximum atomic E-state index is 11.9. The smallest absolute Gasteiger partial charge is 0.329 e. The quantitative estimate of drug-likeness (QED) is 0.483. The predicted molar refractivity (Wildman–Crippen MR) is 71.8 cm³/mol. The Kier molecular flexibility index (Phi) is 11.8. The van der Waals surface area contributed by atoms with Crippen molar-refractivity contribution in [2.24, 2.45) is 0 Å². The van der Waals surface area contributed by atoms with Crippen molar-refractivity contribution in [3.05, 3.63) is 0 Å². The summed E-state index contributed by atoms with van der Waals surface area (Å²) in [5, 5.41) is 11.0. The number of urea groups is 1. The third-order valence-electron chi connectivity index (χ3n) is 2.38. The summed E-state index contributed by atoms with van der Waals surface area (Å²) in [6, 6.07) is -0.225. The number of carboxylic acids is 1. The first-order valence-corrected chi connectivity index (χ1v) is 6.42. The van der Waals surface area contributed by atoms with Crippen molar-refractivity contribution in [3.63, 3.8) is 0 Å². The fraction of sp³-hybridized carbons (Fsp3) is 0.833. The maximum absolute atomic E-state index is 11.9. The van der Waals surface area contributed by atoms with E-state index in [9.17, 15) is 9.59 Å². The summed E-state index contributed by atoms with van der Waals surface area (Å²) in [4.78, 5) is 23.7. The highest BCUT2D eigenvalue weighted by molar-refractivity contribution is 5.74. The Balaban J connectivity index is 3.89. The van der Waals surface area contributed by atoms with Crippen LogP contribution in [0.2, 0.25) is 0 Å². The van der Waals surface area contributed by atoms with Gasteiger partial charge < -0.3 is 29.5 Å². The van der Waals surface area contributed by atoms with Crippen LogP contribution in [0.5, 0.6) is 0 Å². The van der Waals surface area contributed by atoms with Crippen LogP contribution in [0.25, 0.3) is 0 Å². The van der Waals surface area contributed by atoms with Gasteiger partial charge in [-0.2, -0.15) is 0 Å². The second-order valence-corrected chi connectivity index (χ2v) is 4.00. The topological polar surface area (TPSA) is 97.3 Å². The fourth-order valence-corrected chi connectivity index (χ4v) is 1.42. The van der Waals surface area contributed by atoms with E-state index in [1.165, 1.54) is 0 Å². The Bertz CT molecular complexity index is 275. The predicted octanol–water partition coefficient (Wildman–Crippen LogP) is -0.218. The molecule has 0 saturated heterocycles. The molecule has 8 heteroatoms. The highest BCUT2D eigenvalue weighted by Gasteiger charge is 2.12. The van der Waals surface area contributed by atoms with E-state index in [1.54, 1.807) is 19.1 Å². The number of carbonyl (C=O) groups is 2. The zero-order valence-corrected chi connectivity index (χ0v) is 12.1. The minimum atomic E-state index is -1.03. The van der Waals surface area contributed by atoms with E-state index in [-0.39, 0.29) is 25.8 Å². The Morgan fingerprint density at radius 1 is 1.10 bits per heavy atom. The molecule has 0 fully saturated rings. The number of nitrogens with zero attached hydrogens (tertiary/aromatic N) is 1. The summed E-state index contributed by atoms with van der Waals surface area (Å²) in [5.41, 5.74) is 0. The standard InChI is InChI=1S/C12H24N2O6/c1-18-7-3-5-14(6-9-19-2)12(17)13-4-8-20-10-11(15)16/h3-10H2,1-2H3,(H,13,17)(H,15,16). The third kappa shape index (κ3) is 10.5. The van der Waals surface area contributed by atoms with Gasteiger partial charge >= 0.3 is 12.0 Å². The number of rotatable bonds is 12. The second kappa shape index (κ2) is 12.6. The number of carboxylic acid groups (broad SMARTS) is 1. The lowest BCUT2D eigenvalue weighted by atomic mass is 10.4. The summed E-state index contributed by atoms with van der Waals surface area (Å²) < 4.78 is 14.7. The average molecular weight is 292 g/mol. The molecule has 0 aromatic rings. The van der Waals surface area contributed by atoms with Crippen LogP contribution in [0.3, 0.4) is 0 Å². The molecule has 0 unspecified atom stereocenters. The van der Waals surface area contributed by atoms with Gasteiger partial charge in [-0.25, -0.2) is 9.59 Å². The van der Waals surface area contributed by atoms with Gasteiger partial charge in [0.2, 0.25) is 0 Å². The van der Waals surface area contributed by atoms with Crippen LogP contribution in [-0.2, 0) is 19.0 Å². The number of hydrogen-bond donors (Lipinski definition) is 2. The SMILES string of the molecule is COCCCN(CCOC)C(=O)NCCOCC(=O)O. The number of aliphatic carboxylic acids is 1. The van der Waals surface area contributed by atoms with E-state index >= 15 is 0 Å². The minimum Gasteiger partial charge on any atom is -0.480 e. The van der Waals surface area contributed by atoms with Crippen molar-refractivity contribution in [2.75, 3.05) is 60.3 Å². The first kappa shape index (κ1) is 18.6. The zero-order valence-electron chi connectivity index (χ0n) is 12.1. The molecule has 20 heavy (non-hydrogen) atoms. The maximum Gasteiger partial charge on any atom is 0.329 e. The van der Waals surface area contributed by atoms with E-state index in [1.807, 2.05) is 0 Å². The van der Waals surface area contributed by atoms with E-state index in [0.29, 0.717) is 26.3 Å². The Morgan fingerprint density at radius 3 is 2.40 bits per heavy atom. The molecule has 2 N–H and O–H groups in total. The van der Waals surface area contributed by atoms with Gasteiger partial charge in [-0.3, -0.25) is 0 Å². The number of nitrogens with one attached hydrogen (secondary N) is 1. The Labute approximate surface area is 119 Å². The van der Waals surface area contributed by atoms with Crippen LogP contribution in [0.1, 0.15) is 6.42 Å². The molecule has 0 aromatic heterocycles. The van der Waals surface area contributed by atoms with E-state index < -0.39 is 5.97 Å². The largest absolute Gasteiger partial charge is 0.480 e. The number of carbonyl (C=O) groups excluding carboxylic acids is 1. The van der Waals surface area contributed by atoms with Crippen LogP contribution >= 0.6 is 0 Å². The van der Waals surface area contributed by atoms with Crippen molar-refractivity contribution >= 4 is 12.0 Å². The molecule has 0 aliphatic heterocycles. The van der Waals surface area contributed by atoms with Crippen molar-refractivity contribution in [1.82, 2.24) is 10.2 Å². The van der Waals surface area contributed by atoms with Gasteiger partial charge in [0.15, 0.2) is 0 Å². The van der Waals surface area contributed by atoms with Crippen LogP contribution < -0.4 is 5.32 Å². The molecular formula is C12H24N2O6. The molecular weight excluding hydrogens is 268 g/mol. The molecule has 0 saturated carbocycles. The van der Waals surface area contributed by atoms with Crippen molar-refractivity contribution in [3.8, 4) is 0 Å². The van der Waals surface area contributed by atoms with Crippen LogP contribution in [0.4, 0.5) is 4.79 Å². The molecule has 0 heterocycles. The first-order valence-electron chi connectivity index (χ1n) is 6.42. The molecule has 0 rings (SSSR count). The van der Waals surface area contributed by atoms with Crippen molar-refractivity contribution in [1.29, 1.82) is 0 Å². The molecule has 118 valence electrons. The van der Waals surface area contributed by atoms with Gasteiger partial charge in [0.25, 0.3) is 0 Å². The molecule has 8 nitrogen and oxygen atoms in total. The number of amides is 2. The highest BCUT2D eigenvalue weighted by Crippen LogP contribution is 1.94. The monoisotopic (exact) mass is 292 g/mol. The number of ether oxygens (including phenoxy) is 3. The lowest BCUT2D eigenvalue weighted by molar-refractivity contribution is -0.142. The molecule has 0 aliphatic carbocycles. The normalized spacial score (nSPS) is 10.3. The van der Waals surface area contributed by atoms with Gasteiger partial charge in [0, 0.05) is 40.5 Å². The number of methoxy groups -OCH3 is 2. The summed E-state index contributed by atoms with van der Waals surface area (Å²) in [7, 11) is 3.18. The van der Waals surface area contributed by atoms with E-state index in [2.05, 4.69) is 5.32 Å². The summed E-state index contributed by atoms with van der Waals surface area (Å²) in [5.74, 6) is -1.03. The van der Waals surface area contributed by atoms with Crippen LogP contribution in [0.15, 0.2) is 0 Å². The third-order valence-corrected chi connectivity index (χ3v) is 2.38. The molecule has 2 amide bonds. The van der Waals surface area contributed by atoms with Gasteiger partial charge in [-0.05, 0) is 6.42 Å². The summed E-state index contributed by atoms with van der Waals surface area (Å²) in [6.45, 7) is 2.15. The summed E-state index contributed by atoms with van der Waals surface area (Å²) >= 11 is 0. The molecule has 0 bridgehead atoms. The van der Waals surface area contributed by atoms with E-state index in [0.717, 1.165) is 6.42 Å². The molecule has 0 atom stereocenters. The van der Waals surface area contributed by atoms with Gasteiger partial charge in [-0.15, -0.1) is 0 Å². The lowest BCUT2D eigenvalue weighted by Crippen LogP contribution is -2.43. The summed E-state index contributed by atoms with van der Waals surface area (Å²) in [6.07, 6.45) is 0.739. The van der Waals surface area contributed by atoms with Gasteiger partial charge in [-0.1, -0.05) is 0 Å². The molecule has 0 radical (unpaired) electrons. The van der Waals surface area contributed by atoms with E-state index in [4.69, 9.17) is 19.3 Å². The lowest BCUT2D eigenvalue weighted by Gasteiger charge is -2.22. The van der Waals surface area contributed by atoms with Crippen molar-refractivity contribution < 1.29 is 28.9 Å². The van der Waals surface area contributed by atoms with Crippen LogP contribution in [-0.4, -0.2) is 82.3 Å². The second-order valence-electron chi connectivity index (χ2n) is 4.00. The highest BCUT2D eigenvalue weighted by atomic mass is 16.5. The minimum absolute atomic E-state index is 0.161. The van der Waals surface area contributed by atoms with Gasteiger partial charge in [0.1, 0.15) is 6.61 Å². The van der Waals surface area contributed by atoms with Gasteiger partial charge in [0.05, 0.1) is 13.2 Å². The molecule has 0 spiro atoms. The Hall–Kier alpha value is -1.38. The average Bonchev–Trinajstić information content (AvgIpc) is 2.41. The Morgan fingerprint density at radius 2 is 1.80 bits per heavy atom. The first-order chi connectivity index (χ1) is 9.61. The zero-order chi connectivity index (χ0) is 15.2. The van der Waals surface area contributed by atoms with Crippen molar-refractivity contribution in [2.45, 2.75) is 6.42 Å². The van der Waals surface area contributed by atoms with Crippen LogP contribution in [0, 0.1) is 0 Å². The molecule has 0 aliphatic rings.